The van der Waals surface area contributed by atoms with Gasteiger partial charge in [0.05, 0.1) is 0 Å². The van der Waals surface area contributed by atoms with Crippen LogP contribution in [0.15, 0.2) is 0 Å². The molecular formula is C19H28F2O. The lowest BCUT2D eigenvalue weighted by atomic mass is 9.45. The molecule has 0 saturated heterocycles. The molecule has 3 heteroatoms. The Hall–Kier alpha value is -0.470. The predicted molar refractivity (Wildman–Crippen MR) is 81.7 cm³/mol. The molecule has 22 heavy (non-hydrogen) atoms. The van der Waals surface area contributed by atoms with E-state index in [0.29, 0.717) is 42.8 Å². The van der Waals surface area contributed by atoms with Gasteiger partial charge in [0.2, 0.25) is 0 Å². The van der Waals surface area contributed by atoms with Gasteiger partial charge >= 0.3 is 0 Å². The average Bonchev–Trinajstić information content (AvgIpc) is 2.70. The highest BCUT2D eigenvalue weighted by molar-refractivity contribution is 5.79. The molecule has 0 aromatic heterocycles. The highest BCUT2D eigenvalue weighted by atomic mass is 19.3. The highest BCUT2D eigenvalue weighted by Crippen LogP contribution is 2.69. The van der Waals surface area contributed by atoms with Crippen LogP contribution in [-0.2, 0) is 4.79 Å². The molecule has 0 bridgehead atoms. The Morgan fingerprint density at radius 2 is 1.68 bits per heavy atom. The van der Waals surface area contributed by atoms with E-state index in [1.54, 1.807) is 0 Å². The number of ketones is 1. The molecule has 1 nitrogen and oxygen atoms in total. The van der Waals surface area contributed by atoms with Crippen molar-refractivity contribution in [2.45, 2.75) is 77.6 Å². The van der Waals surface area contributed by atoms with E-state index in [9.17, 15) is 13.6 Å². The van der Waals surface area contributed by atoms with Crippen molar-refractivity contribution in [1.82, 2.24) is 0 Å². The summed E-state index contributed by atoms with van der Waals surface area (Å²) in [5.74, 6) is -0.275. The van der Waals surface area contributed by atoms with Gasteiger partial charge in [0, 0.05) is 24.7 Å². The molecule has 0 unspecified atom stereocenters. The van der Waals surface area contributed by atoms with Gasteiger partial charge < -0.3 is 0 Å². The molecule has 0 N–H and O–H groups in total. The second kappa shape index (κ2) is 4.54. The van der Waals surface area contributed by atoms with E-state index in [2.05, 4.69) is 6.92 Å². The van der Waals surface area contributed by atoms with Crippen LogP contribution in [0, 0.1) is 34.5 Å². The number of carbonyl (C=O) groups excluding carboxylic acids is 1. The van der Waals surface area contributed by atoms with E-state index in [4.69, 9.17) is 0 Å². The molecule has 0 spiro atoms. The summed E-state index contributed by atoms with van der Waals surface area (Å²) in [6.45, 7) is 4.23. The fraction of sp³-hybridized carbons (Fsp3) is 0.947. The standard InChI is InChI=1S/C19H28F2O/c1-17-8-5-13(22)11-12(17)3-4-14-15(17)6-9-18(2)16(14)7-10-19(18,20)21/h12,14-16H,3-11H2,1-2H3/t12-,14+,15-,16-,17-,18+/m0/s1. The van der Waals surface area contributed by atoms with Crippen LogP contribution in [-0.4, -0.2) is 11.7 Å². The second-order valence-electron chi connectivity index (χ2n) is 9.10. The maximum absolute atomic E-state index is 14.5. The lowest BCUT2D eigenvalue weighted by molar-refractivity contribution is -0.170. The molecule has 124 valence electrons. The first kappa shape index (κ1) is 15.1. The van der Waals surface area contributed by atoms with Gasteiger partial charge in [-0.15, -0.1) is 0 Å². The van der Waals surface area contributed by atoms with Gasteiger partial charge in [0.15, 0.2) is 0 Å². The summed E-state index contributed by atoms with van der Waals surface area (Å²) >= 11 is 0. The molecule has 0 amide bonds. The summed E-state index contributed by atoms with van der Waals surface area (Å²) in [7, 11) is 0. The number of fused-ring (bicyclic) bond motifs is 5. The maximum Gasteiger partial charge on any atom is 0.253 e. The first-order valence-corrected chi connectivity index (χ1v) is 9.17. The molecular weight excluding hydrogens is 282 g/mol. The minimum atomic E-state index is -2.47. The van der Waals surface area contributed by atoms with E-state index >= 15 is 0 Å². The van der Waals surface area contributed by atoms with Crippen LogP contribution in [0.1, 0.15) is 71.6 Å². The summed E-state index contributed by atoms with van der Waals surface area (Å²) in [5, 5.41) is 0. The Bertz CT molecular complexity index is 502. The number of hydrogen-bond acceptors (Lipinski definition) is 1. The molecule has 0 heterocycles. The summed E-state index contributed by atoms with van der Waals surface area (Å²) in [4.78, 5) is 11.8. The molecule has 4 aliphatic rings. The first-order valence-electron chi connectivity index (χ1n) is 9.17. The third-order valence-electron chi connectivity index (χ3n) is 8.48. The molecule has 0 radical (unpaired) electrons. The van der Waals surface area contributed by atoms with Crippen molar-refractivity contribution in [3.63, 3.8) is 0 Å². The largest absolute Gasteiger partial charge is 0.300 e. The monoisotopic (exact) mass is 310 g/mol. The fourth-order valence-corrected chi connectivity index (χ4v) is 6.97. The quantitative estimate of drug-likeness (QED) is 0.598. The molecule has 0 aromatic carbocycles. The zero-order valence-corrected chi connectivity index (χ0v) is 13.8. The van der Waals surface area contributed by atoms with Gasteiger partial charge in [-0.3, -0.25) is 4.79 Å². The van der Waals surface area contributed by atoms with Gasteiger partial charge in [0.25, 0.3) is 5.92 Å². The molecule has 4 fully saturated rings. The van der Waals surface area contributed by atoms with E-state index in [1.165, 1.54) is 0 Å². The third-order valence-corrected chi connectivity index (χ3v) is 8.48. The number of alkyl halides is 2. The molecule has 6 atom stereocenters. The van der Waals surface area contributed by atoms with Crippen molar-refractivity contribution in [3.05, 3.63) is 0 Å². The Labute approximate surface area is 132 Å². The highest BCUT2D eigenvalue weighted by Gasteiger charge is 2.66. The Morgan fingerprint density at radius 1 is 0.955 bits per heavy atom. The lowest BCUT2D eigenvalue weighted by Crippen LogP contribution is -2.55. The average molecular weight is 310 g/mol. The number of hydrogen-bond donors (Lipinski definition) is 0. The zero-order valence-electron chi connectivity index (χ0n) is 13.8. The second-order valence-corrected chi connectivity index (χ2v) is 9.10. The van der Waals surface area contributed by atoms with Crippen molar-refractivity contribution in [3.8, 4) is 0 Å². The molecule has 4 aliphatic carbocycles. The van der Waals surface area contributed by atoms with Crippen LogP contribution < -0.4 is 0 Å². The van der Waals surface area contributed by atoms with Crippen LogP contribution in [0.5, 0.6) is 0 Å². The normalized spacial score (nSPS) is 53.5. The Balaban J connectivity index is 1.65. The van der Waals surface area contributed by atoms with Gasteiger partial charge in [-0.25, -0.2) is 8.78 Å². The first-order chi connectivity index (χ1) is 10.3. The third kappa shape index (κ3) is 1.77. The lowest BCUT2D eigenvalue weighted by Gasteiger charge is -2.60. The predicted octanol–water partition coefficient (Wildman–Crippen LogP) is 5.23. The van der Waals surface area contributed by atoms with E-state index in [-0.39, 0.29) is 17.8 Å². The van der Waals surface area contributed by atoms with Crippen molar-refractivity contribution >= 4 is 5.78 Å². The van der Waals surface area contributed by atoms with Crippen molar-refractivity contribution in [1.29, 1.82) is 0 Å². The molecule has 0 aromatic rings. The number of halogens is 2. The molecule has 0 aliphatic heterocycles. The SMILES string of the molecule is C[C@]12CCC(=O)C[C@@H]1CC[C@@H]1[C@@H]2CC[C@]2(C)[C@H]1CCC2(F)F. The van der Waals surface area contributed by atoms with Gasteiger partial charge in [-0.1, -0.05) is 13.8 Å². The molecule has 4 rings (SSSR count). The minimum Gasteiger partial charge on any atom is -0.300 e. The summed E-state index contributed by atoms with van der Waals surface area (Å²) < 4.78 is 28.9. The van der Waals surface area contributed by atoms with Crippen molar-refractivity contribution in [2.24, 2.45) is 34.5 Å². The number of carbonyl (C=O) groups is 1. The Morgan fingerprint density at radius 3 is 2.45 bits per heavy atom. The smallest absolute Gasteiger partial charge is 0.253 e. The number of rotatable bonds is 0. The summed E-state index contributed by atoms with van der Waals surface area (Å²) in [5.41, 5.74) is -0.530. The van der Waals surface area contributed by atoms with Crippen LogP contribution >= 0.6 is 0 Å². The number of Topliss-reactive ketones (excluding diaryl/α,β-unsaturated/α-hetero) is 1. The maximum atomic E-state index is 14.5. The fourth-order valence-electron chi connectivity index (χ4n) is 6.97. The zero-order chi connectivity index (χ0) is 15.8. The summed E-state index contributed by atoms with van der Waals surface area (Å²) in [6, 6.07) is 0. The Kier molecular flexibility index (Phi) is 3.11. The van der Waals surface area contributed by atoms with Crippen LogP contribution in [0.4, 0.5) is 8.78 Å². The topological polar surface area (TPSA) is 17.1 Å². The van der Waals surface area contributed by atoms with Gasteiger partial charge in [-0.2, -0.15) is 0 Å². The van der Waals surface area contributed by atoms with Crippen molar-refractivity contribution < 1.29 is 13.6 Å². The van der Waals surface area contributed by atoms with Crippen LogP contribution in [0.2, 0.25) is 0 Å². The van der Waals surface area contributed by atoms with Crippen molar-refractivity contribution in [2.75, 3.05) is 0 Å². The summed E-state index contributed by atoms with van der Waals surface area (Å²) in [6.07, 6.45) is 7.07. The van der Waals surface area contributed by atoms with E-state index in [0.717, 1.165) is 32.1 Å². The van der Waals surface area contributed by atoms with Crippen LogP contribution in [0.3, 0.4) is 0 Å². The molecule has 4 saturated carbocycles. The van der Waals surface area contributed by atoms with Gasteiger partial charge in [-0.05, 0) is 67.6 Å². The van der Waals surface area contributed by atoms with E-state index < -0.39 is 11.3 Å². The minimum absolute atomic E-state index is 0.0933. The van der Waals surface area contributed by atoms with E-state index in [1.807, 2.05) is 6.92 Å². The van der Waals surface area contributed by atoms with Gasteiger partial charge in [0.1, 0.15) is 5.78 Å². The van der Waals surface area contributed by atoms with Crippen LogP contribution in [0.25, 0.3) is 0 Å².